The van der Waals surface area contributed by atoms with Crippen molar-refractivity contribution in [3.8, 4) is 0 Å². The van der Waals surface area contributed by atoms with Crippen molar-refractivity contribution in [3.63, 3.8) is 0 Å². The van der Waals surface area contributed by atoms with Crippen molar-refractivity contribution < 1.29 is 28.6 Å². The highest BCUT2D eigenvalue weighted by molar-refractivity contribution is 7.69. The Bertz CT molecular complexity index is 481. The Morgan fingerprint density at radius 2 is 2.00 bits per heavy atom. The van der Waals surface area contributed by atoms with Crippen LogP contribution >= 0.6 is 7.60 Å². The summed E-state index contributed by atoms with van der Waals surface area (Å²) in [5, 5.41) is 7.49. The van der Waals surface area contributed by atoms with E-state index in [2.05, 4.69) is 4.98 Å². The summed E-state index contributed by atoms with van der Waals surface area (Å²) < 4.78 is 21.6. The molecule has 0 radical (unpaired) electrons. The Morgan fingerprint density at radius 1 is 1.56 bits per heavy atom. The molecular formula is C5H7FN3O6P. The second-order valence-corrected chi connectivity index (χ2v) is 3.74. The quantitative estimate of drug-likeness (QED) is 0.412. The number of nitrogens with zero attached hydrogens (tertiary/aromatic N) is 1. The minimum atomic E-state index is -4.82. The number of anilines is 1. The zero-order chi connectivity index (χ0) is 12.9. The van der Waals surface area contributed by atoms with Crippen LogP contribution in [0.2, 0.25) is 0 Å². The van der Waals surface area contributed by atoms with E-state index in [4.69, 9.17) is 20.6 Å². The maximum Gasteiger partial charge on any atom is 0.433 e. The smallest absolute Gasteiger partial charge is 0.433 e. The number of carbonyl (C=O) groups is 1. The second-order valence-electron chi connectivity index (χ2n) is 2.27. The number of aromatic amines is 1. The van der Waals surface area contributed by atoms with Gasteiger partial charge < -0.3 is 25.6 Å². The van der Waals surface area contributed by atoms with E-state index >= 15 is 0 Å². The molecule has 0 aliphatic heterocycles. The molecule has 6 N–H and O–H groups in total. The first-order valence-electron chi connectivity index (χ1n) is 3.44. The standard InChI is InChI=1S/C4H4FN3O.CH3O5P/c5-2-1-7-4(9)8-3(2)6;2-1(3)7(4,5)6/h1H,(H3,6,7,8,9);(H,2,3)(H2,4,5,6). The molecule has 0 amide bonds. The predicted molar refractivity (Wildman–Crippen MR) is 49.3 cm³/mol. The van der Waals surface area contributed by atoms with Gasteiger partial charge in [0.15, 0.2) is 11.6 Å². The van der Waals surface area contributed by atoms with Crippen molar-refractivity contribution in [3.05, 3.63) is 22.5 Å². The highest BCUT2D eigenvalue weighted by Gasteiger charge is 2.23. The number of nitrogen functional groups attached to an aromatic ring is 1. The third kappa shape index (κ3) is 5.20. The molecule has 11 heteroatoms. The van der Waals surface area contributed by atoms with Gasteiger partial charge in [-0.1, -0.05) is 0 Å². The zero-order valence-electron chi connectivity index (χ0n) is 7.49. The van der Waals surface area contributed by atoms with Crippen molar-refractivity contribution in [1.29, 1.82) is 0 Å². The summed E-state index contributed by atoms with van der Waals surface area (Å²) >= 11 is 0. The van der Waals surface area contributed by atoms with Crippen molar-refractivity contribution in [1.82, 2.24) is 9.97 Å². The third-order valence-electron chi connectivity index (χ3n) is 1.04. The summed E-state index contributed by atoms with van der Waals surface area (Å²) in [6, 6.07) is 0. The van der Waals surface area contributed by atoms with Gasteiger partial charge in [-0.2, -0.15) is 4.98 Å². The van der Waals surface area contributed by atoms with Crippen molar-refractivity contribution >= 4 is 19.1 Å². The molecule has 0 aliphatic carbocycles. The highest BCUT2D eigenvalue weighted by Crippen LogP contribution is 2.34. The van der Waals surface area contributed by atoms with Gasteiger partial charge in [-0.25, -0.2) is 18.5 Å². The van der Waals surface area contributed by atoms with E-state index in [1.54, 1.807) is 0 Å². The third-order valence-corrected chi connectivity index (χ3v) is 1.54. The van der Waals surface area contributed by atoms with Gasteiger partial charge in [0, 0.05) is 6.20 Å². The van der Waals surface area contributed by atoms with Crippen LogP contribution < -0.4 is 11.4 Å². The van der Waals surface area contributed by atoms with Gasteiger partial charge in [-0.15, -0.1) is 0 Å². The summed E-state index contributed by atoms with van der Waals surface area (Å²) in [5.41, 5.74) is 2.18. The van der Waals surface area contributed by atoms with Gasteiger partial charge in [0.25, 0.3) is 0 Å². The molecule has 0 fully saturated rings. The molecule has 0 atom stereocenters. The van der Waals surface area contributed by atoms with Crippen LogP contribution in [0.3, 0.4) is 0 Å². The predicted octanol–water partition coefficient (Wildman–Crippen LogP) is -0.667. The number of carboxylic acid groups (broad SMARTS) is 1. The number of aromatic nitrogens is 2. The van der Waals surface area contributed by atoms with Crippen molar-refractivity contribution in [2.24, 2.45) is 0 Å². The molecule has 0 aromatic carbocycles. The second kappa shape index (κ2) is 5.35. The summed E-state index contributed by atoms with van der Waals surface area (Å²) in [7, 11) is -4.82. The fraction of sp³-hybridized carbons (Fsp3) is 0. The largest absolute Gasteiger partial charge is 0.472 e. The van der Waals surface area contributed by atoms with Gasteiger partial charge >= 0.3 is 19.0 Å². The maximum absolute atomic E-state index is 12.1. The van der Waals surface area contributed by atoms with Gasteiger partial charge in [0.1, 0.15) is 0 Å². The van der Waals surface area contributed by atoms with E-state index in [0.29, 0.717) is 0 Å². The SMILES string of the molecule is Nc1nc(=O)[nH]cc1F.O=C(O)P(=O)(O)O. The van der Waals surface area contributed by atoms with Crippen LogP contribution in [0.25, 0.3) is 0 Å². The summed E-state index contributed by atoms with van der Waals surface area (Å²) in [6.45, 7) is 0. The molecule has 0 unspecified atom stereocenters. The number of halogens is 1. The van der Waals surface area contributed by atoms with Crippen LogP contribution in [-0.2, 0) is 4.57 Å². The van der Waals surface area contributed by atoms with E-state index in [0.717, 1.165) is 6.20 Å². The normalized spacial score (nSPS) is 10.2. The average Bonchev–Trinajstić information content (AvgIpc) is 2.11. The summed E-state index contributed by atoms with van der Waals surface area (Å²) in [4.78, 5) is 39.8. The Kier molecular flexibility index (Phi) is 4.76. The summed E-state index contributed by atoms with van der Waals surface area (Å²) in [6.07, 6.45) is 0.866. The molecule has 9 nitrogen and oxygen atoms in total. The molecule has 1 heterocycles. The Labute approximate surface area is 86.9 Å². The van der Waals surface area contributed by atoms with E-state index in [9.17, 15) is 18.5 Å². The first-order chi connectivity index (χ1) is 7.14. The minimum absolute atomic E-state index is 0.376. The molecular weight excluding hydrogens is 248 g/mol. The molecule has 0 saturated carbocycles. The van der Waals surface area contributed by atoms with E-state index in [1.165, 1.54) is 0 Å². The van der Waals surface area contributed by atoms with Crippen LogP contribution in [0.5, 0.6) is 0 Å². The van der Waals surface area contributed by atoms with Gasteiger partial charge in [0.2, 0.25) is 0 Å². The molecule has 1 aromatic rings. The van der Waals surface area contributed by atoms with Crippen LogP contribution in [0.15, 0.2) is 11.0 Å². The molecule has 16 heavy (non-hydrogen) atoms. The van der Waals surface area contributed by atoms with E-state index in [1.807, 2.05) is 4.98 Å². The molecule has 1 aromatic heterocycles. The first kappa shape index (κ1) is 14.2. The van der Waals surface area contributed by atoms with Gasteiger partial charge in [-0.05, 0) is 0 Å². The van der Waals surface area contributed by atoms with Crippen molar-refractivity contribution in [2.75, 3.05) is 5.73 Å². The molecule has 0 spiro atoms. The minimum Gasteiger partial charge on any atom is -0.472 e. The molecule has 1 rings (SSSR count). The molecule has 0 bridgehead atoms. The van der Waals surface area contributed by atoms with E-state index in [-0.39, 0.29) is 5.82 Å². The van der Waals surface area contributed by atoms with Gasteiger partial charge in [0.05, 0.1) is 0 Å². The number of H-pyrrole nitrogens is 1. The van der Waals surface area contributed by atoms with Crippen LogP contribution in [0.1, 0.15) is 0 Å². The Morgan fingerprint density at radius 3 is 2.25 bits per heavy atom. The fourth-order valence-corrected chi connectivity index (χ4v) is 0.394. The number of hydrogen-bond donors (Lipinski definition) is 5. The molecule has 90 valence electrons. The first-order valence-corrected chi connectivity index (χ1v) is 5.05. The molecule has 0 aliphatic rings. The zero-order valence-corrected chi connectivity index (χ0v) is 8.39. The van der Waals surface area contributed by atoms with Crippen LogP contribution in [-0.4, -0.2) is 30.6 Å². The lowest BCUT2D eigenvalue weighted by Gasteiger charge is -1.90. The maximum atomic E-state index is 12.1. The number of nitrogens with two attached hydrogens (primary N) is 1. The van der Waals surface area contributed by atoms with Crippen molar-refractivity contribution in [2.45, 2.75) is 0 Å². The van der Waals surface area contributed by atoms with Crippen LogP contribution in [0, 0.1) is 5.82 Å². The Hall–Kier alpha value is -1.77. The lowest BCUT2D eigenvalue weighted by Crippen LogP contribution is -2.12. The average molecular weight is 255 g/mol. The van der Waals surface area contributed by atoms with Gasteiger partial charge in [-0.3, -0.25) is 0 Å². The number of rotatable bonds is 1. The number of nitrogens with one attached hydrogen (secondary N) is 1. The lowest BCUT2D eigenvalue weighted by atomic mass is 10.6. The highest BCUT2D eigenvalue weighted by atomic mass is 31.2. The monoisotopic (exact) mass is 255 g/mol. The topological polar surface area (TPSA) is 167 Å². The lowest BCUT2D eigenvalue weighted by molar-refractivity contribution is 0.208. The van der Waals surface area contributed by atoms with Crippen LogP contribution in [0.4, 0.5) is 15.0 Å². The van der Waals surface area contributed by atoms with E-state index < -0.39 is 24.8 Å². The Balaban J connectivity index is 0.000000293. The fourth-order valence-electron chi connectivity index (χ4n) is 0.394. The summed E-state index contributed by atoms with van der Waals surface area (Å²) in [5.74, 6) is -1.09. The number of hydrogen-bond acceptors (Lipinski definition) is 5. The molecule has 0 saturated heterocycles.